The molecule has 0 amide bonds. The molecule has 0 saturated heterocycles. The zero-order valence-electron chi connectivity index (χ0n) is 8.51. The standard InChI is InChI=1S/C11H11ClF2N2/c12-10-8(15)1-2-9(16-10)7-3-5-11(13,14)6-4-7/h1-3H,4-6,15H2. The van der Waals surface area contributed by atoms with Crippen LogP contribution in [0.5, 0.6) is 0 Å². The van der Waals surface area contributed by atoms with Crippen LogP contribution < -0.4 is 5.73 Å². The molecule has 0 atom stereocenters. The van der Waals surface area contributed by atoms with E-state index < -0.39 is 5.92 Å². The Hall–Kier alpha value is -1.16. The van der Waals surface area contributed by atoms with Crippen molar-refractivity contribution in [1.82, 2.24) is 4.98 Å². The minimum absolute atomic E-state index is 0.136. The van der Waals surface area contributed by atoms with Gasteiger partial charge < -0.3 is 5.73 Å². The second-order valence-corrected chi connectivity index (χ2v) is 4.22. The summed E-state index contributed by atoms with van der Waals surface area (Å²) in [6.07, 6.45) is 1.48. The molecule has 0 bridgehead atoms. The highest BCUT2D eigenvalue weighted by atomic mass is 35.5. The van der Waals surface area contributed by atoms with E-state index in [2.05, 4.69) is 4.98 Å². The van der Waals surface area contributed by atoms with Crippen LogP contribution in [0.25, 0.3) is 5.57 Å². The van der Waals surface area contributed by atoms with Crippen LogP contribution in [0.3, 0.4) is 0 Å². The van der Waals surface area contributed by atoms with Crippen molar-refractivity contribution < 1.29 is 8.78 Å². The summed E-state index contributed by atoms with van der Waals surface area (Å²) in [6, 6.07) is 3.34. The number of hydrogen-bond acceptors (Lipinski definition) is 2. The monoisotopic (exact) mass is 244 g/mol. The molecule has 86 valence electrons. The first-order valence-corrected chi connectivity index (χ1v) is 5.35. The number of hydrogen-bond donors (Lipinski definition) is 1. The van der Waals surface area contributed by atoms with Crippen LogP contribution in [-0.4, -0.2) is 10.9 Å². The van der Waals surface area contributed by atoms with Crippen molar-refractivity contribution in [3.05, 3.63) is 29.1 Å². The largest absolute Gasteiger partial charge is 0.396 e. The topological polar surface area (TPSA) is 38.9 Å². The molecule has 0 aromatic carbocycles. The van der Waals surface area contributed by atoms with E-state index in [-0.39, 0.29) is 18.0 Å². The van der Waals surface area contributed by atoms with Gasteiger partial charge in [0.25, 0.3) is 5.92 Å². The molecule has 0 unspecified atom stereocenters. The van der Waals surface area contributed by atoms with Gasteiger partial charge in [-0.05, 0) is 24.1 Å². The molecule has 2 nitrogen and oxygen atoms in total. The third kappa shape index (κ3) is 2.32. The van der Waals surface area contributed by atoms with E-state index in [1.807, 2.05) is 0 Å². The van der Waals surface area contributed by atoms with E-state index in [0.29, 0.717) is 17.8 Å². The number of nitrogens with two attached hydrogens (primary N) is 1. The van der Waals surface area contributed by atoms with E-state index in [0.717, 1.165) is 5.57 Å². The van der Waals surface area contributed by atoms with E-state index in [1.165, 1.54) is 6.08 Å². The molecule has 1 aromatic heterocycles. The number of aromatic nitrogens is 1. The molecule has 1 heterocycles. The Morgan fingerprint density at radius 1 is 1.38 bits per heavy atom. The lowest BCUT2D eigenvalue weighted by Gasteiger charge is -2.21. The third-order valence-corrected chi connectivity index (χ3v) is 2.92. The van der Waals surface area contributed by atoms with Gasteiger partial charge in [-0.25, -0.2) is 13.8 Å². The molecule has 0 fully saturated rings. The summed E-state index contributed by atoms with van der Waals surface area (Å²) in [5, 5.41) is 0.218. The SMILES string of the molecule is Nc1ccc(C2=CCC(F)(F)CC2)nc1Cl. The van der Waals surface area contributed by atoms with Crippen LogP contribution >= 0.6 is 11.6 Å². The molecule has 1 aromatic rings. The lowest BCUT2D eigenvalue weighted by molar-refractivity contribution is -0.00605. The molecule has 0 radical (unpaired) electrons. The van der Waals surface area contributed by atoms with Gasteiger partial charge in [-0.1, -0.05) is 17.7 Å². The predicted molar refractivity (Wildman–Crippen MR) is 60.4 cm³/mol. The van der Waals surface area contributed by atoms with Gasteiger partial charge in [0.1, 0.15) is 0 Å². The normalized spacial score (nSPS) is 19.3. The van der Waals surface area contributed by atoms with Crippen LogP contribution in [0.2, 0.25) is 5.15 Å². The first-order valence-electron chi connectivity index (χ1n) is 4.97. The quantitative estimate of drug-likeness (QED) is 0.768. The van der Waals surface area contributed by atoms with Gasteiger partial charge in [-0.3, -0.25) is 0 Å². The van der Waals surface area contributed by atoms with Crippen molar-refractivity contribution in [2.24, 2.45) is 0 Å². The second-order valence-electron chi connectivity index (χ2n) is 3.87. The lowest BCUT2D eigenvalue weighted by Crippen LogP contribution is -2.18. The highest BCUT2D eigenvalue weighted by Crippen LogP contribution is 2.36. The Morgan fingerprint density at radius 3 is 2.69 bits per heavy atom. The average Bonchev–Trinajstić information content (AvgIpc) is 2.22. The Morgan fingerprint density at radius 2 is 2.12 bits per heavy atom. The number of nitrogens with zero attached hydrogens (tertiary/aromatic N) is 1. The van der Waals surface area contributed by atoms with E-state index in [1.54, 1.807) is 12.1 Å². The van der Waals surface area contributed by atoms with Gasteiger partial charge in [-0.15, -0.1) is 0 Å². The van der Waals surface area contributed by atoms with Crippen molar-refractivity contribution in [1.29, 1.82) is 0 Å². The molecule has 1 aliphatic rings. The highest BCUT2D eigenvalue weighted by Gasteiger charge is 2.31. The maximum absolute atomic E-state index is 12.9. The summed E-state index contributed by atoms with van der Waals surface area (Å²) in [7, 11) is 0. The fourth-order valence-corrected chi connectivity index (χ4v) is 1.80. The van der Waals surface area contributed by atoms with Crippen LogP contribution in [0, 0.1) is 0 Å². The Kier molecular flexibility index (Phi) is 2.84. The van der Waals surface area contributed by atoms with Gasteiger partial charge in [0.2, 0.25) is 0 Å². The molecular weight excluding hydrogens is 234 g/mol. The average molecular weight is 245 g/mol. The van der Waals surface area contributed by atoms with Gasteiger partial charge in [-0.2, -0.15) is 0 Å². The summed E-state index contributed by atoms with van der Waals surface area (Å²) >= 11 is 5.78. The Labute approximate surface area is 97.1 Å². The summed E-state index contributed by atoms with van der Waals surface area (Å²) in [5.41, 5.74) is 7.37. The summed E-state index contributed by atoms with van der Waals surface area (Å²) < 4.78 is 25.9. The molecule has 5 heteroatoms. The number of alkyl halides is 2. The van der Waals surface area contributed by atoms with Crippen LogP contribution in [-0.2, 0) is 0 Å². The van der Waals surface area contributed by atoms with Crippen molar-refractivity contribution in [2.45, 2.75) is 25.2 Å². The molecule has 1 aliphatic carbocycles. The van der Waals surface area contributed by atoms with Crippen molar-refractivity contribution in [3.63, 3.8) is 0 Å². The predicted octanol–water partition coefficient (Wildman–Crippen LogP) is 3.52. The summed E-state index contributed by atoms with van der Waals surface area (Å²) in [4.78, 5) is 4.07. The first kappa shape index (κ1) is 11.3. The molecule has 0 aliphatic heterocycles. The van der Waals surface area contributed by atoms with E-state index in [9.17, 15) is 8.78 Å². The number of nitrogen functional groups attached to an aromatic ring is 1. The zero-order valence-corrected chi connectivity index (χ0v) is 9.27. The van der Waals surface area contributed by atoms with Crippen molar-refractivity contribution in [2.75, 3.05) is 5.73 Å². The number of rotatable bonds is 1. The van der Waals surface area contributed by atoms with Crippen molar-refractivity contribution >= 4 is 22.9 Å². The fraction of sp³-hybridized carbons (Fsp3) is 0.364. The number of anilines is 1. The van der Waals surface area contributed by atoms with Gasteiger partial charge in [0, 0.05) is 12.8 Å². The lowest BCUT2D eigenvalue weighted by atomic mass is 9.94. The smallest absolute Gasteiger partial charge is 0.251 e. The van der Waals surface area contributed by atoms with Gasteiger partial charge in [0.15, 0.2) is 5.15 Å². The fourth-order valence-electron chi connectivity index (χ4n) is 1.65. The van der Waals surface area contributed by atoms with Gasteiger partial charge in [0.05, 0.1) is 11.4 Å². The van der Waals surface area contributed by atoms with E-state index in [4.69, 9.17) is 17.3 Å². The molecule has 0 spiro atoms. The maximum Gasteiger partial charge on any atom is 0.251 e. The first-order chi connectivity index (χ1) is 7.48. The Balaban J connectivity index is 2.26. The Bertz CT molecular complexity index is 444. The number of halogens is 3. The minimum atomic E-state index is -2.58. The summed E-state index contributed by atoms with van der Waals surface area (Å²) in [5.74, 6) is -2.58. The maximum atomic E-state index is 12.9. The van der Waals surface area contributed by atoms with E-state index >= 15 is 0 Å². The number of allylic oxidation sites excluding steroid dienone is 2. The molecule has 16 heavy (non-hydrogen) atoms. The molecule has 2 rings (SSSR count). The van der Waals surface area contributed by atoms with Crippen LogP contribution in [0.1, 0.15) is 25.0 Å². The van der Waals surface area contributed by atoms with Crippen LogP contribution in [0.15, 0.2) is 18.2 Å². The number of pyridine rings is 1. The minimum Gasteiger partial charge on any atom is -0.396 e. The van der Waals surface area contributed by atoms with Gasteiger partial charge >= 0.3 is 0 Å². The second kappa shape index (κ2) is 4.01. The molecular formula is C11H11ClF2N2. The third-order valence-electron chi connectivity index (χ3n) is 2.61. The summed E-state index contributed by atoms with van der Waals surface area (Å²) in [6.45, 7) is 0. The molecule has 2 N–H and O–H groups in total. The van der Waals surface area contributed by atoms with Crippen LogP contribution in [0.4, 0.5) is 14.5 Å². The highest BCUT2D eigenvalue weighted by molar-refractivity contribution is 6.31. The zero-order chi connectivity index (χ0) is 11.8. The molecule has 0 saturated carbocycles. The van der Waals surface area contributed by atoms with Crippen molar-refractivity contribution in [3.8, 4) is 0 Å².